The van der Waals surface area contributed by atoms with Crippen LogP contribution in [0.3, 0.4) is 0 Å². The van der Waals surface area contributed by atoms with Gasteiger partial charge in [0.25, 0.3) is 0 Å². The lowest BCUT2D eigenvalue weighted by atomic mass is 9.45. The Labute approximate surface area is 145 Å². The Kier molecular flexibility index (Phi) is 4.43. The summed E-state index contributed by atoms with van der Waals surface area (Å²) in [6, 6.07) is 4.48. The van der Waals surface area contributed by atoms with E-state index < -0.39 is 11.6 Å². The molecule has 1 aromatic rings. The molecular formula is C22H30F2. The van der Waals surface area contributed by atoms with E-state index in [1.54, 1.807) is 6.07 Å². The molecule has 3 aliphatic carbocycles. The molecule has 3 aliphatic rings. The molecule has 0 unspecified atom stereocenters. The number of hydrogen-bond donors (Lipinski definition) is 0. The molecule has 0 atom stereocenters. The molecule has 0 radical (unpaired) electrons. The Balaban J connectivity index is 1.25. The third kappa shape index (κ3) is 3.02. The highest BCUT2D eigenvalue weighted by atomic mass is 19.2. The highest BCUT2D eigenvalue weighted by Gasteiger charge is 2.54. The van der Waals surface area contributed by atoms with Gasteiger partial charge in [0, 0.05) is 0 Å². The number of halogens is 2. The summed E-state index contributed by atoms with van der Waals surface area (Å²) in [5.41, 5.74) is 1.56. The van der Waals surface area contributed by atoms with Crippen LogP contribution in [0.4, 0.5) is 8.78 Å². The third-order valence-electron chi connectivity index (χ3n) is 7.42. The van der Waals surface area contributed by atoms with Crippen molar-refractivity contribution in [1.29, 1.82) is 0 Å². The monoisotopic (exact) mass is 332 g/mol. The van der Waals surface area contributed by atoms with Crippen molar-refractivity contribution in [2.75, 3.05) is 0 Å². The minimum Gasteiger partial charge on any atom is -0.204 e. The summed E-state index contributed by atoms with van der Waals surface area (Å²) < 4.78 is 26.5. The van der Waals surface area contributed by atoms with Crippen LogP contribution in [0.5, 0.6) is 0 Å². The van der Waals surface area contributed by atoms with Crippen molar-refractivity contribution in [3.63, 3.8) is 0 Å². The first-order chi connectivity index (χ1) is 11.6. The van der Waals surface area contributed by atoms with Crippen molar-refractivity contribution in [2.24, 2.45) is 23.2 Å². The Morgan fingerprint density at radius 1 is 0.917 bits per heavy atom. The van der Waals surface area contributed by atoms with Crippen LogP contribution in [0.15, 0.2) is 18.2 Å². The van der Waals surface area contributed by atoms with E-state index in [-0.39, 0.29) is 0 Å². The minimum absolute atomic E-state index is 0.460. The lowest BCUT2D eigenvalue weighted by molar-refractivity contribution is -0.0726. The van der Waals surface area contributed by atoms with E-state index in [2.05, 4.69) is 6.92 Å². The van der Waals surface area contributed by atoms with Gasteiger partial charge >= 0.3 is 0 Å². The van der Waals surface area contributed by atoms with Crippen molar-refractivity contribution in [3.8, 4) is 0 Å². The zero-order chi connectivity index (χ0) is 16.7. The molecule has 0 aliphatic heterocycles. The second-order valence-corrected chi connectivity index (χ2v) is 9.02. The van der Waals surface area contributed by atoms with Gasteiger partial charge in [0.2, 0.25) is 0 Å². The van der Waals surface area contributed by atoms with E-state index in [9.17, 15) is 8.78 Å². The summed E-state index contributed by atoms with van der Waals surface area (Å²) in [5, 5.41) is 0. The van der Waals surface area contributed by atoms with Gasteiger partial charge in [-0.25, -0.2) is 8.78 Å². The molecule has 0 aromatic heterocycles. The topological polar surface area (TPSA) is 0 Å². The van der Waals surface area contributed by atoms with Crippen molar-refractivity contribution >= 4 is 0 Å². The molecule has 1 aromatic carbocycles. The van der Waals surface area contributed by atoms with E-state index in [0.717, 1.165) is 23.3 Å². The van der Waals surface area contributed by atoms with E-state index in [1.165, 1.54) is 76.3 Å². The molecular weight excluding hydrogens is 302 g/mol. The second kappa shape index (κ2) is 6.42. The molecule has 24 heavy (non-hydrogen) atoms. The van der Waals surface area contributed by atoms with Crippen LogP contribution in [-0.4, -0.2) is 0 Å². The summed E-state index contributed by atoms with van der Waals surface area (Å²) in [7, 11) is 0. The van der Waals surface area contributed by atoms with E-state index in [4.69, 9.17) is 0 Å². The van der Waals surface area contributed by atoms with Gasteiger partial charge in [0.05, 0.1) is 0 Å². The maximum absolute atomic E-state index is 13.4. The van der Waals surface area contributed by atoms with Gasteiger partial charge in [-0.2, -0.15) is 0 Å². The van der Waals surface area contributed by atoms with E-state index in [0.29, 0.717) is 11.3 Å². The fourth-order valence-electron chi connectivity index (χ4n) is 6.06. The molecule has 1 spiro atoms. The molecule has 0 heterocycles. The van der Waals surface area contributed by atoms with Crippen LogP contribution in [-0.2, 0) is 0 Å². The molecule has 0 N–H and O–H groups in total. The molecule has 132 valence electrons. The largest absolute Gasteiger partial charge is 0.204 e. The van der Waals surface area contributed by atoms with Crippen LogP contribution >= 0.6 is 0 Å². The molecule has 3 fully saturated rings. The highest BCUT2D eigenvalue weighted by Crippen LogP contribution is 2.66. The lowest BCUT2D eigenvalue weighted by Crippen LogP contribution is -2.49. The molecule has 0 nitrogen and oxygen atoms in total. The van der Waals surface area contributed by atoms with Crippen molar-refractivity contribution in [1.82, 2.24) is 0 Å². The first kappa shape index (κ1) is 16.5. The minimum atomic E-state index is -0.727. The first-order valence-corrected chi connectivity index (χ1v) is 10.0. The van der Waals surface area contributed by atoms with Crippen molar-refractivity contribution < 1.29 is 8.78 Å². The summed E-state index contributed by atoms with van der Waals surface area (Å²) in [5.74, 6) is 1.98. The smallest absolute Gasteiger partial charge is 0.159 e. The van der Waals surface area contributed by atoms with Crippen LogP contribution in [0, 0.1) is 34.8 Å². The molecule has 4 rings (SSSR count). The fraction of sp³-hybridized carbons (Fsp3) is 0.727. The Hall–Kier alpha value is -0.920. The second-order valence-electron chi connectivity index (χ2n) is 9.02. The maximum atomic E-state index is 13.4. The van der Waals surface area contributed by atoms with Crippen molar-refractivity contribution in [2.45, 2.75) is 77.0 Å². The number of benzene rings is 1. The zero-order valence-electron chi connectivity index (χ0n) is 14.9. The van der Waals surface area contributed by atoms with Gasteiger partial charge in [-0.15, -0.1) is 0 Å². The normalized spacial score (nSPS) is 38.6. The molecule has 0 amide bonds. The van der Waals surface area contributed by atoms with Gasteiger partial charge in [0.15, 0.2) is 11.6 Å². The Morgan fingerprint density at radius 2 is 1.62 bits per heavy atom. The van der Waals surface area contributed by atoms with Gasteiger partial charge in [-0.05, 0) is 85.3 Å². The van der Waals surface area contributed by atoms with Gasteiger partial charge in [-0.1, -0.05) is 38.7 Å². The average Bonchev–Trinajstić information content (AvgIpc) is 2.50. The molecule has 0 saturated heterocycles. The summed E-state index contributed by atoms with van der Waals surface area (Å²) in [4.78, 5) is 0. The summed E-state index contributed by atoms with van der Waals surface area (Å²) in [6.45, 7) is 2.31. The van der Waals surface area contributed by atoms with E-state index in [1.807, 2.05) is 0 Å². The number of hydrogen-bond acceptors (Lipinski definition) is 0. The summed E-state index contributed by atoms with van der Waals surface area (Å²) in [6.07, 6.45) is 13.8. The SMILES string of the molecule is CCC[C@H]1CC[C@H](C2CC3(CC(c4ccc(F)c(F)c4)C3)C2)CC1. The van der Waals surface area contributed by atoms with Gasteiger partial charge in [-0.3, -0.25) is 0 Å². The quantitative estimate of drug-likeness (QED) is 0.566. The summed E-state index contributed by atoms with van der Waals surface area (Å²) >= 11 is 0. The Morgan fingerprint density at radius 3 is 2.25 bits per heavy atom. The average molecular weight is 332 g/mol. The molecule has 2 heteroatoms. The van der Waals surface area contributed by atoms with Crippen molar-refractivity contribution in [3.05, 3.63) is 35.4 Å². The lowest BCUT2D eigenvalue weighted by Gasteiger charge is -2.60. The van der Waals surface area contributed by atoms with Gasteiger partial charge in [0.1, 0.15) is 0 Å². The number of rotatable bonds is 4. The highest BCUT2D eigenvalue weighted by molar-refractivity contribution is 5.26. The molecule has 0 bridgehead atoms. The fourth-order valence-corrected chi connectivity index (χ4v) is 6.06. The van der Waals surface area contributed by atoms with Crippen LogP contribution in [0.25, 0.3) is 0 Å². The Bertz CT molecular complexity index is 572. The van der Waals surface area contributed by atoms with Gasteiger partial charge < -0.3 is 0 Å². The van der Waals surface area contributed by atoms with Crippen LogP contribution in [0.2, 0.25) is 0 Å². The predicted octanol–water partition coefficient (Wildman–Crippen LogP) is 6.85. The first-order valence-electron chi connectivity index (χ1n) is 10.0. The molecule has 3 saturated carbocycles. The third-order valence-corrected chi connectivity index (χ3v) is 7.42. The zero-order valence-corrected chi connectivity index (χ0v) is 14.9. The maximum Gasteiger partial charge on any atom is 0.159 e. The van der Waals surface area contributed by atoms with Crippen LogP contribution in [0.1, 0.15) is 82.6 Å². The standard InChI is InChI=1S/C22H30F2/c1-2-3-15-4-6-16(7-5-15)18-11-22(12-18)13-19(14-22)17-8-9-20(23)21(24)10-17/h8-10,15-16,18-19H,2-7,11-14H2,1H3/t15-,16-,18?,19?,22?. The predicted molar refractivity (Wildman–Crippen MR) is 93.8 cm³/mol. The van der Waals surface area contributed by atoms with E-state index >= 15 is 0 Å². The van der Waals surface area contributed by atoms with Crippen LogP contribution < -0.4 is 0 Å².